The quantitative estimate of drug-likeness (QED) is 0.520. The zero-order valence-electron chi connectivity index (χ0n) is 16.8. The molecule has 0 aliphatic carbocycles. The van der Waals surface area contributed by atoms with Gasteiger partial charge in [-0.25, -0.2) is 4.98 Å². The predicted octanol–water partition coefficient (Wildman–Crippen LogP) is 5.09. The highest BCUT2D eigenvalue weighted by Gasteiger charge is 2.14. The lowest BCUT2D eigenvalue weighted by Crippen LogP contribution is -2.14. The maximum Gasteiger partial charge on any atom is 0.259 e. The van der Waals surface area contributed by atoms with Gasteiger partial charge in [0.25, 0.3) is 5.91 Å². The zero-order chi connectivity index (χ0) is 20.4. The molecule has 2 aromatic heterocycles. The Morgan fingerprint density at radius 3 is 2.66 bits per heavy atom. The number of aryl methyl sites for hydroxylation is 3. The number of carbonyl (C=O) groups excluding carboxylic acids is 1. The van der Waals surface area contributed by atoms with Gasteiger partial charge in [-0.1, -0.05) is 35.9 Å². The van der Waals surface area contributed by atoms with Crippen LogP contribution in [0, 0.1) is 20.8 Å². The maximum absolute atomic E-state index is 12.9. The van der Waals surface area contributed by atoms with E-state index in [0.29, 0.717) is 11.3 Å². The van der Waals surface area contributed by atoms with E-state index in [1.54, 1.807) is 12.1 Å². The fraction of sp³-hybridized carbons (Fsp3) is 0.167. The molecule has 29 heavy (non-hydrogen) atoms. The van der Waals surface area contributed by atoms with E-state index < -0.39 is 0 Å². The summed E-state index contributed by atoms with van der Waals surface area (Å²) in [5.41, 5.74) is 6.30. The highest BCUT2D eigenvalue weighted by atomic mass is 16.5. The Morgan fingerprint density at radius 1 is 1.03 bits per heavy atom. The van der Waals surface area contributed by atoms with Crippen LogP contribution in [0.1, 0.15) is 32.7 Å². The van der Waals surface area contributed by atoms with Gasteiger partial charge < -0.3 is 14.5 Å². The Morgan fingerprint density at radius 2 is 1.86 bits per heavy atom. The molecule has 5 heteroatoms. The highest BCUT2D eigenvalue weighted by molar-refractivity contribution is 6.06. The lowest BCUT2D eigenvalue weighted by atomic mass is 10.1. The van der Waals surface area contributed by atoms with E-state index in [9.17, 15) is 4.79 Å². The van der Waals surface area contributed by atoms with E-state index in [1.807, 2.05) is 80.0 Å². The molecule has 0 aliphatic rings. The standard InChI is InChI=1S/C24H23N3O2/c1-16-10-11-21(18(3)13-16)26-24(28)20-8-4-5-9-22(20)29-15-19-14-27-12-6-7-17(2)23(27)25-19/h4-14H,15H2,1-3H3,(H,26,28). The Kier molecular flexibility index (Phi) is 5.04. The molecule has 146 valence electrons. The maximum atomic E-state index is 12.9. The van der Waals surface area contributed by atoms with Crippen molar-refractivity contribution in [3.8, 4) is 5.75 Å². The smallest absolute Gasteiger partial charge is 0.259 e. The Hall–Kier alpha value is -3.60. The number of benzene rings is 2. The number of nitrogens with zero attached hydrogens (tertiary/aromatic N) is 2. The molecule has 0 saturated carbocycles. The summed E-state index contributed by atoms with van der Waals surface area (Å²) in [5.74, 6) is 0.335. The number of hydrogen-bond donors (Lipinski definition) is 1. The molecular weight excluding hydrogens is 362 g/mol. The lowest BCUT2D eigenvalue weighted by Gasteiger charge is -2.12. The van der Waals surface area contributed by atoms with Crippen molar-refractivity contribution >= 4 is 17.2 Å². The number of imidazole rings is 1. The summed E-state index contributed by atoms with van der Waals surface area (Å²) in [6.07, 6.45) is 3.91. The minimum Gasteiger partial charge on any atom is -0.486 e. The Labute approximate surface area is 170 Å². The van der Waals surface area contributed by atoms with Crippen molar-refractivity contribution < 1.29 is 9.53 Å². The van der Waals surface area contributed by atoms with Crippen LogP contribution >= 0.6 is 0 Å². The van der Waals surface area contributed by atoms with Crippen molar-refractivity contribution in [2.45, 2.75) is 27.4 Å². The van der Waals surface area contributed by atoms with Crippen LogP contribution < -0.4 is 10.1 Å². The van der Waals surface area contributed by atoms with Crippen molar-refractivity contribution in [3.05, 3.63) is 94.9 Å². The minimum absolute atomic E-state index is 0.196. The van der Waals surface area contributed by atoms with Crippen molar-refractivity contribution in [1.82, 2.24) is 9.38 Å². The molecule has 0 bridgehead atoms. The van der Waals surface area contributed by atoms with E-state index in [4.69, 9.17) is 4.74 Å². The number of hydrogen-bond acceptors (Lipinski definition) is 3. The molecule has 0 saturated heterocycles. The molecule has 1 N–H and O–H groups in total. The van der Waals surface area contributed by atoms with Gasteiger partial charge in [0.2, 0.25) is 0 Å². The van der Waals surface area contributed by atoms with Crippen molar-refractivity contribution in [2.75, 3.05) is 5.32 Å². The molecule has 0 aliphatic heterocycles. The van der Waals surface area contributed by atoms with E-state index in [-0.39, 0.29) is 12.5 Å². The van der Waals surface area contributed by atoms with Crippen LogP contribution in [-0.2, 0) is 6.61 Å². The topological polar surface area (TPSA) is 55.6 Å². The number of anilines is 1. The molecule has 4 aromatic rings. The van der Waals surface area contributed by atoms with Gasteiger partial charge in [0.05, 0.1) is 11.3 Å². The van der Waals surface area contributed by atoms with E-state index in [2.05, 4.69) is 10.3 Å². The highest BCUT2D eigenvalue weighted by Crippen LogP contribution is 2.23. The van der Waals surface area contributed by atoms with Crippen LogP contribution in [-0.4, -0.2) is 15.3 Å². The number of aromatic nitrogens is 2. The summed E-state index contributed by atoms with van der Waals surface area (Å²) in [4.78, 5) is 17.5. The SMILES string of the molecule is Cc1ccc(NC(=O)c2ccccc2OCc2cn3cccc(C)c3n2)c(C)c1. The molecule has 2 aromatic carbocycles. The third-order valence-electron chi connectivity index (χ3n) is 4.87. The summed E-state index contributed by atoms with van der Waals surface area (Å²) in [6, 6.07) is 17.2. The Balaban J connectivity index is 1.53. The number of pyridine rings is 1. The number of carbonyl (C=O) groups is 1. The Bertz CT molecular complexity index is 1190. The first-order valence-corrected chi connectivity index (χ1v) is 9.55. The van der Waals surface area contributed by atoms with Gasteiger partial charge in [-0.2, -0.15) is 0 Å². The van der Waals surface area contributed by atoms with Gasteiger partial charge in [-0.15, -0.1) is 0 Å². The van der Waals surface area contributed by atoms with Gasteiger partial charge in [0, 0.05) is 18.1 Å². The average molecular weight is 385 g/mol. The first-order chi connectivity index (χ1) is 14.0. The molecule has 5 nitrogen and oxygen atoms in total. The second kappa shape index (κ2) is 7.80. The van der Waals surface area contributed by atoms with Gasteiger partial charge in [-0.05, 0) is 56.2 Å². The van der Waals surface area contributed by atoms with Crippen LogP contribution in [0.15, 0.2) is 67.0 Å². The normalized spacial score (nSPS) is 10.9. The molecule has 0 fully saturated rings. The molecule has 0 atom stereocenters. The zero-order valence-corrected chi connectivity index (χ0v) is 16.8. The molecule has 0 unspecified atom stereocenters. The fourth-order valence-corrected chi connectivity index (χ4v) is 3.35. The van der Waals surface area contributed by atoms with Crippen LogP contribution in [0.3, 0.4) is 0 Å². The van der Waals surface area contributed by atoms with Crippen LogP contribution in [0.5, 0.6) is 5.75 Å². The summed E-state index contributed by atoms with van der Waals surface area (Å²) in [6.45, 7) is 6.33. The third kappa shape index (κ3) is 3.99. The lowest BCUT2D eigenvalue weighted by molar-refractivity contribution is 0.102. The van der Waals surface area contributed by atoms with Crippen LogP contribution in [0.4, 0.5) is 5.69 Å². The first-order valence-electron chi connectivity index (χ1n) is 9.55. The van der Waals surface area contributed by atoms with Crippen molar-refractivity contribution in [3.63, 3.8) is 0 Å². The van der Waals surface area contributed by atoms with Crippen LogP contribution in [0.2, 0.25) is 0 Å². The predicted molar refractivity (Wildman–Crippen MR) is 115 cm³/mol. The van der Waals surface area contributed by atoms with E-state index >= 15 is 0 Å². The molecule has 0 radical (unpaired) electrons. The summed E-state index contributed by atoms with van der Waals surface area (Å²) < 4.78 is 7.94. The molecular formula is C24H23N3O2. The third-order valence-corrected chi connectivity index (χ3v) is 4.87. The first kappa shape index (κ1) is 18.7. The summed E-state index contributed by atoms with van der Waals surface area (Å²) in [7, 11) is 0. The number of nitrogens with one attached hydrogen (secondary N) is 1. The number of para-hydroxylation sites is 1. The number of ether oxygens (including phenoxy) is 1. The molecule has 4 rings (SSSR count). The summed E-state index contributed by atoms with van der Waals surface area (Å²) >= 11 is 0. The van der Waals surface area contributed by atoms with Crippen molar-refractivity contribution in [2.24, 2.45) is 0 Å². The van der Waals surface area contributed by atoms with Crippen molar-refractivity contribution in [1.29, 1.82) is 0 Å². The fourth-order valence-electron chi connectivity index (χ4n) is 3.35. The van der Waals surface area contributed by atoms with Gasteiger partial charge in [-0.3, -0.25) is 4.79 Å². The minimum atomic E-state index is -0.196. The second-order valence-electron chi connectivity index (χ2n) is 7.21. The van der Waals surface area contributed by atoms with E-state index in [1.165, 1.54) is 0 Å². The van der Waals surface area contributed by atoms with Gasteiger partial charge in [0.15, 0.2) is 0 Å². The molecule has 1 amide bonds. The van der Waals surface area contributed by atoms with Gasteiger partial charge >= 0.3 is 0 Å². The number of rotatable bonds is 5. The molecule has 2 heterocycles. The van der Waals surface area contributed by atoms with E-state index in [0.717, 1.165) is 33.7 Å². The van der Waals surface area contributed by atoms with Crippen LogP contribution in [0.25, 0.3) is 5.65 Å². The monoisotopic (exact) mass is 385 g/mol. The largest absolute Gasteiger partial charge is 0.486 e. The second-order valence-corrected chi connectivity index (χ2v) is 7.21. The summed E-state index contributed by atoms with van der Waals surface area (Å²) in [5, 5.41) is 2.98. The molecule has 0 spiro atoms. The van der Waals surface area contributed by atoms with Gasteiger partial charge in [0.1, 0.15) is 18.0 Å². The number of fused-ring (bicyclic) bond motifs is 1. The average Bonchev–Trinajstić information content (AvgIpc) is 3.13. The number of amides is 1.